The summed E-state index contributed by atoms with van der Waals surface area (Å²) in [6.07, 6.45) is 0.00517. The van der Waals surface area contributed by atoms with E-state index < -0.39 is 82.8 Å². The normalized spacial score (nSPS) is 19.9. The van der Waals surface area contributed by atoms with E-state index >= 15 is 4.79 Å². The molecular formula is C39H52N6O9. The number of carbonyl (C=O) groups excluding carboxylic acids is 6. The fourth-order valence-electron chi connectivity index (χ4n) is 7.10. The van der Waals surface area contributed by atoms with Crippen LogP contribution in [-0.2, 0) is 46.3 Å². The molecule has 2 aromatic carbocycles. The lowest BCUT2D eigenvalue weighted by Crippen LogP contribution is -2.72. The number of nitrogens with two attached hydrogens (primary N) is 2. The van der Waals surface area contributed by atoms with Gasteiger partial charge in [-0.25, -0.2) is 9.59 Å². The highest BCUT2D eigenvalue weighted by atomic mass is 16.6. The molecule has 2 aromatic rings. The summed E-state index contributed by atoms with van der Waals surface area (Å²) in [4.78, 5) is 101. The first-order chi connectivity index (χ1) is 25.4. The topological polar surface area (TPSA) is 223 Å². The van der Waals surface area contributed by atoms with E-state index in [1.54, 1.807) is 81.4 Å². The third-order valence-corrected chi connectivity index (χ3v) is 9.76. The number of benzene rings is 2. The van der Waals surface area contributed by atoms with Gasteiger partial charge in [-0.15, -0.1) is 0 Å². The molecule has 2 heterocycles. The van der Waals surface area contributed by atoms with Crippen molar-refractivity contribution in [2.75, 3.05) is 13.1 Å². The summed E-state index contributed by atoms with van der Waals surface area (Å²) in [5.41, 5.74) is 10.6. The van der Waals surface area contributed by atoms with Crippen molar-refractivity contribution in [3.8, 4) is 0 Å². The quantitative estimate of drug-likeness (QED) is 0.216. The molecule has 0 bridgehead atoms. The third-order valence-electron chi connectivity index (χ3n) is 9.76. The van der Waals surface area contributed by atoms with Crippen molar-refractivity contribution in [1.29, 1.82) is 0 Å². The highest BCUT2D eigenvalue weighted by molar-refractivity contribution is 6.20. The lowest BCUT2D eigenvalue weighted by atomic mass is 9.85. The Labute approximate surface area is 315 Å². The Morgan fingerprint density at radius 2 is 1.26 bits per heavy atom. The van der Waals surface area contributed by atoms with Gasteiger partial charge in [-0.1, -0.05) is 60.7 Å². The number of nitrogens with one attached hydrogen (secondary N) is 1. The average molecular weight is 749 g/mol. The average Bonchev–Trinajstić information content (AvgIpc) is 3.82. The summed E-state index contributed by atoms with van der Waals surface area (Å²) in [5, 5.41) is 12.2. The van der Waals surface area contributed by atoms with Gasteiger partial charge in [0.1, 0.15) is 17.7 Å². The van der Waals surface area contributed by atoms with E-state index in [-0.39, 0.29) is 38.8 Å². The van der Waals surface area contributed by atoms with Crippen molar-refractivity contribution in [2.24, 2.45) is 11.5 Å². The molecule has 0 aliphatic carbocycles. The van der Waals surface area contributed by atoms with Gasteiger partial charge in [0.15, 0.2) is 11.3 Å². The molecule has 5 amide bonds. The largest absolute Gasteiger partial charge is 0.480 e. The van der Waals surface area contributed by atoms with Crippen LogP contribution in [0.15, 0.2) is 60.7 Å². The smallest absolute Gasteiger partial charge is 0.408 e. The second-order valence-electron chi connectivity index (χ2n) is 15.1. The molecule has 0 aromatic heterocycles. The molecule has 15 nitrogen and oxygen atoms in total. The fraction of sp³-hybridized carbons (Fsp3) is 0.513. The van der Waals surface area contributed by atoms with Gasteiger partial charge in [0.2, 0.25) is 17.7 Å². The number of nitrogens with zero attached hydrogens (tertiary/aromatic N) is 3. The van der Waals surface area contributed by atoms with Crippen LogP contribution in [-0.4, -0.2) is 116 Å². The number of imide groups is 1. The molecule has 2 fully saturated rings. The van der Waals surface area contributed by atoms with Crippen LogP contribution in [0.25, 0.3) is 0 Å². The number of rotatable bonds is 13. The van der Waals surface area contributed by atoms with Crippen LogP contribution in [0.5, 0.6) is 0 Å². The number of hydrogen-bond acceptors (Lipinski definition) is 10. The van der Waals surface area contributed by atoms with Crippen LogP contribution >= 0.6 is 0 Å². The van der Waals surface area contributed by atoms with E-state index in [4.69, 9.17) is 16.2 Å². The van der Waals surface area contributed by atoms with E-state index in [1.807, 2.05) is 0 Å². The Balaban J connectivity index is 1.83. The molecule has 2 aliphatic rings. The predicted molar refractivity (Wildman–Crippen MR) is 197 cm³/mol. The number of Topliss-reactive ketones (excluding diaryl/α,β-unsaturated/α-hetero) is 1. The highest BCUT2D eigenvalue weighted by Gasteiger charge is 2.58. The molecule has 0 saturated carbocycles. The van der Waals surface area contributed by atoms with Gasteiger partial charge in [0, 0.05) is 13.1 Å². The van der Waals surface area contributed by atoms with E-state index in [9.17, 15) is 33.9 Å². The molecule has 292 valence electrons. The van der Waals surface area contributed by atoms with Gasteiger partial charge < -0.3 is 36.4 Å². The van der Waals surface area contributed by atoms with Crippen LogP contribution in [0, 0.1) is 0 Å². The zero-order valence-corrected chi connectivity index (χ0v) is 31.5. The van der Waals surface area contributed by atoms with Crippen molar-refractivity contribution in [2.45, 2.75) is 114 Å². The number of hydrogen-bond donors (Lipinski definition) is 4. The SMILES string of the molecule is C[C@H](NC(=O)OC(C)(C)C)C(=O)[C@](C)(C(=O)N1CCC[C@H]1C(=O)N1CCC[C@H]1C(=O)O)N(C(=O)[C@@H](N)Cc1ccccc1)C(=O)[C@@H](N)Cc1ccccc1. The molecule has 6 atom stereocenters. The van der Waals surface area contributed by atoms with Gasteiger partial charge in [-0.05, 0) is 84.3 Å². The zero-order chi connectivity index (χ0) is 40.0. The zero-order valence-electron chi connectivity index (χ0n) is 31.5. The highest BCUT2D eigenvalue weighted by Crippen LogP contribution is 2.31. The second kappa shape index (κ2) is 17.3. The summed E-state index contributed by atoms with van der Waals surface area (Å²) >= 11 is 0. The summed E-state index contributed by atoms with van der Waals surface area (Å²) in [6.45, 7) is 7.36. The third kappa shape index (κ3) is 9.49. The van der Waals surface area contributed by atoms with Crippen LogP contribution < -0.4 is 16.8 Å². The summed E-state index contributed by atoms with van der Waals surface area (Å²) in [6, 6.07) is 10.8. The lowest BCUT2D eigenvalue weighted by molar-refractivity contribution is -0.169. The first-order valence-corrected chi connectivity index (χ1v) is 18.2. The number of ether oxygens (including phenoxy) is 1. The molecule has 6 N–H and O–H groups in total. The summed E-state index contributed by atoms with van der Waals surface area (Å²) in [5.74, 6) is -6.09. The first kappa shape index (κ1) is 41.6. The maximum atomic E-state index is 15.1. The molecule has 0 unspecified atom stereocenters. The molecular weight excluding hydrogens is 696 g/mol. The fourth-order valence-corrected chi connectivity index (χ4v) is 7.10. The van der Waals surface area contributed by atoms with E-state index in [2.05, 4.69) is 5.32 Å². The number of ketones is 1. The van der Waals surface area contributed by atoms with Crippen molar-refractivity contribution >= 4 is 41.5 Å². The van der Waals surface area contributed by atoms with E-state index in [1.165, 1.54) is 11.8 Å². The molecule has 2 saturated heterocycles. The van der Waals surface area contributed by atoms with Gasteiger partial charge in [-0.2, -0.15) is 0 Å². The molecule has 0 radical (unpaired) electrons. The Hall–Kier alpha value is -5.15. The monoisotopic (exact) mass is 748 g/mol. The standard InChI is InChI=1S/C39H52N6O9/c1-24(42-37(53)54-38(2,3)4)31(46)39(5,36(52)44-21-12-18-29(44)34(49)43-20-13-19-30(43)35(50)51)45(32(47)27(40)22-25-14-8-6-9-15-25)33(48)28(41)23-26-16-10-7-11-17-26/h6-11,14-17,24,27-30H,12-13,18-23,40-41H2,1-5H3,(H,42,53)(H,50,51)/t24-,27-,28-,29-,30-,39+/m0/s1. The van der Waals surface area contributed by atoms with Crippen molar-refractivity contribution in [3.05, 3.63) is 71.8 Å². The number of amides is 5. The van der Waals surface area contributed by atoms with E-state index in [0.717, 1.165) is 11.8 Å². The lowest BCUT2D eigenvalue weighted by Gasteiger charge is -2.43. The number of alkyl carbamates (subject to hydrolysis) is 1. The molecule has 0 spiro atoms. The molecule has 15 heteroatoms. The summed E-state index contributed by atoms with van der Waals surface area (Å²) in [7, 11) is 0. The van der Waals surface area contributed by atoms with Gasteiger partial charge >= 0.3 is 12.1 Å². The Morgan fingerprint density at radius 1 is 0.796 bits per heavy atom. The number of likely N-dealkylation sites (tertiary alicyclic amines) is 2. The van der Waals surface area contributed by atoms with Crippen molar-refractivity contribution < 1.29 is 43.4 Å². The number of aliphatic carboxylic acids is 1. The minimum absolute atomic E-state index is 0.0417. The molecule has 4 rings (SSSR count). The Morgan fingerprint density at radius 3 is 1.72 bits per heavy atom. The molecule has 54 heavy (non-hydrogen) atoms. The number of carbonyl (C=O) groups is 7. The molecule has 2 aliphatic heterocycles. The van der Waals surface area contributed by atoms with Gasteiger partial charge in [-0.3, -0.25) is 28.9 Å². The maximum absolute atomic E-state index is 15.1. The van der Waals surface area contributed by atoms with E-state index in [0.29, 0.717) is 28.9 Å². The van der Waals surface area contributed by atoms with Crippen LogP contribution in [0.2, 0.25) is 0 Å². The van der Waals surface area contributed by atoms with Crippen molar-refractivity contribution in [1.82, 2.24) is 20.0 Å². The minimum Gasteiger partial charge on any atom is -0.480 e. The number of carboxylic acids is 1. The number of carboxylic acid groups (broad SMARTS) is 1. The first-order valence-electron chi connectivity index (χ1n) is 18.2. The summed E-state index contributed by atoms with van der Waals surface area (Å²) < 4.78 is 5.35. The van der Waals surface area contributed by atoms with Crippen molar-refractivity contribution in [3.63, 3.8) is 0 Å². The predicted octanol–water partition coefficient (Wildman–Crippen LogP) is 1.79. The van der Waals surface area contributed by atoms with Gasteiger partial charge in [0.05, 0.1) is 18.1 Å². The second-order valence-corrected chi connectivity index (χ2v) is 15.1. The maximum Gasteiger partial charge on any atom is 0.408 e. The van der Waals surface area contributed by atoms with Gasteiger partial charge in [0.25, 0.3) is 5.91 Å². The Kier molecular flexibility index (Phi) is 13.4. The van der Waals surface area contributed by atoms with Crippen LogP contribution in [0.4, 0.5) is 4.79 Å². The Bertz CT molecular complexity index is 1660. The van der Waals surface area contributed by atoms with Crippen LogP contribution in [0.3, 0.4) is 0 Å². The van der Waals surface area contributed by atoms with Crippen LogP contribution in [0.1, 0.15) is 71.4 Å². The minimum atomic E-state index is -2.70.